The van der Waals surface area contributed by atoms with E-state index in [1.165, 1.54) is 0 Å². The first-order valence-electron chi connectivity index (χ1n) is 6.37. The molecule has 1 aromatic carbocycles. The summed E-state index contributed by atoms with van der Waals surface area (Å²) in [5.41, 5.74) is 1.94. The number of carboxylic acid groups (broad SMARTS) is 1. The number of carbonyl (C=O) groups is 1. The molecule has 3 heteroatoms. The largest absolute Gasteiger partial charge is 0.481 e. The van der Waals surface area contributed by atoms with Crippen molar-refractivity contribution in [1.29, 1.82) is 0 Å². The molecule has 100 valence electrons. The average molecular weight is 250 g/mol. The van der Waals surface area contributed by atoms with Crippen LogP contribution < -0.4 is 0 Å². The minimum Gasteiger partial charge on any atom is -0.481 e. The van der Waals surface area contributed by atoms with Crippen LogP contribution in [0.3, 0.4) is 0 Å². The summed E-state index contributed by atoms with van der Waals surface area (Å²) in [4.78, 5) is 11.3. The number of aliphatic carboxylic acids is 1. The molecule has 1 N–H and O–H groups in total. The van der Waals surface area contributed by atoms with Gasteiger partial charge in [-0.05, 0) is 24.8 Å². The number of carboxylic acids is 1. The molecule has 0 radical (unpaired) electrons. The Labute approximate surface area is 109 Å². The molecule has 0 saturated carbocycles. The third kappa shape index (κ3) is 4.88. The SMILES string of the molecule is Cc1cccc(C(CCOCC(C)C)C(=O)O)c1. The van der Waals surface area contributed by atoms with Crippen LogP contribution in [0.2, 0.25) is 0 Å². The Morgan fingerprint density at radius 3 is 2.67 bits per heavy atom. The van der Waals surface area contributed by atoms with Crippen molar-refractivity contribution in [2.24, 2.45) is 5.92 Å². The van der Waals surface area contributed by atoms with Crippen LogP contribution >= 0.6 is 0 Å². The lowest BCUT2D eigenvalue weighted by Crippen LogP contribution is -2.15. The molecule has 1 atom stereocenters. The second-order valence-corrected chi connectivity index (χ2v) is 5.06. The van der Waals surface area contributed by atoms with Crippen LogP contribution in [0.4, 0.5) is 0 Å². The van der Waals surface area contributed by atoms with E-state index in [-0.39, 0.29) is 0 Å². The smallest absolute Gasteiger partial charge is 0.311 e. The Bertz CT molecular complexity index is 385. The fourth-order valence-corrected chi connectivity index (χ4v) is 1.84. The molecule has 0 heterocycles. The highest BCUT2D eigenvalue weighted by Gasteiger charge is 2.19. The molecule has 0 aromatic heterocycles. The van der Waals surface area contributed by atoms with Gasteiger partial charge in [-0.25, -0.2) is 0 Å². The molecule has 1 rings (SSSR count). The van der Waals surface area contributed by atoms with E-state index in [1.54, 1.807) is 0 Å². The summed E-state index contributed by atoms with van der Waals surface area (Å²) in [6, 6.07) is 7.67. The summed E-state index contributed by atoms with van der Waals surface area (Å²) in [6.45, 7) is 7.30. The molecule has 18 heavy (non-hydrogen) atoms. The summed E-state index contributed by atoms with van der Waals surface area (Å²) in [7, 11) is 0. The van der Waals surface area contributed by atoms with Gasteiger partial charge < -0.3 is 9.84 Å². The highest BCUT2D eigenvalue weighted by molar-refractivity contribution is 5.76. The quantitative estimate of drug-likeness (QED) is 0.756. The lowest BCUT2D eigenvalue weighted by atomic mass is 9.95. The van der Waals surface area contributed by atoms with Crippen LogP contribution in [0.15, 0.2) is 24.3 Å². The van der Waals surface area contributed by atoms with E-state index < -0.39 is 11.9 Å². The monoisotopic (exact) mass is 250 g/mol. The third-order valence-electron chi connectivity index (χ3n) is 2.74. The standard InChI is InChI=1S/C15H22O3/c1-11(2)10-18-8-7-14(15(16)17)13-6-4-5-12(3)9-13/h4-6,9,11,14H,7-8,10H2,1-3H3,(H,16,17). The van der Waals surface area contributed by atoms with Gasteiger partial charge in [0.2, 0.25) is 0 Å². The summed E-state index contributed by atoms with van der Waals surface area (Å²) in [6.07, 6.45) is 0.519. The van der Waals surface area contributed by atoms with Crippen molar-refractivity contribution in [1.82, 2.24) is 0 Å². The fraction of sp³-hybridized carbons (Fsp3) is 0.533. The number of hydrogen-bond acceptors (Lipinski definition) is 2. The Hall–Kier alpha value is -1.35. The Balaban J connectivity index is 2.58. The van der Waals surface area contributed by atoms with Gasteiger partial charge in [-0.2, -0.15) is 0 Å². The van der Waals surface area contributed by atoms with Crippen molar-refractivity contribution in [3.05, 3.63) is 35.4 Å². The van der Waals surface area contributed by atoms with E-state index in [9.17, 15) is 9.90 Å². The summed E-state index contributed by atoms with van der Waals surface area (Å²) in [5.74, 6) is -0.780. The van der Waals surface area contributed by atoms with E-state index in [1.807, 2.05) is 31.2 Å². The summed E-state index contributed by atoms with van der Waals surface area (Å²) >= 11 is 0. The topological polar surface area (TPSA) is 46.5 Å². The highest BCUT2D eigenvalue weighted by atomic mass is 16.5. The molecule has 1 unspecified atom stereocenters. The fourth-order valence-electron chi connectivity index (χ4n) is 1.84. The van der Waals surface area contributed by atoms with E-state index >= 15 is 0 Å². The molecule has 0 amide bonds. The van der Waals surface area contributed by atoms with Crippen LogP contribution in [0, 0.1) is 12.8 Å². The maximum Gasteiger partial charge on any atom is 0.311 e. The molecule has 0 aliphatic heterocycles. The van der Waals surface area contributed by atoms with E-state index in [2.05, 4.69) is 13.8 Å². The molecular formula is C15H22O3. The molecule has 0 aliphatic carbocycles. The molecule has 3 nitrogen and oxygen atoms in total. The minimum atomic E-state index is -0.784. The molecule has 0 fully saturated rings. The zero-order valence-electron chi connectivity index (χ0n) is 11.3. The van der Waals surface area contributed by atoms with Gasteiger partial charge >= 0.3 is 5.97 Å². The van der Waals surface area contributed by atoms with Crippen LogP contribution in [0.5, 0.6) is 0 Å². The Morgan fingerprint density at radius 2 is 2.11 bits per heavy atom. The zero-order valence-corrected chi connectivity index (χ0v) is 11.3. The van der Waals surface area contributed by atoms with Gasteiger partial charge in [-0.15, -0.1) is 0 Å². The predicted molar refractivity (Wildman–Crippen MR) is 71.8 cm³/mol. The number of ether oxygens (including phenoxy) is 1. The highest BCUT2D eigenvalue weighted by Crippen LogP contribution is 2.21. The summed E-state index contributed by atoms with van der Waals surface area (Å²) in [5, 5.41) is 9.27. The maximum atomic E-state index is 11.3. The van der Waals surface area contributed by atoms with E-state index in [4.69, 9.17) is 4.74 Å². The maximum absolute atomic E-state index is 11.3. The second kappa shape index (κ2) is 7.17. The first-order valence-corrected chi connectivity index (χ1v) is 6.37. The molecule has 1 aromatic rings. The van der Waals surface area contributed by atoms with Crippen LogP contribution in [0.1, 0.15) is 37.3 Å². The molecule has 0 bridgehead atoms. The van der Waals surface area contributed by atoms with Crippen molar-refractivity contribution in [3.8, 4) is 0 Å². The zero-order chi connectivity index (χ0) is 13.5. The van der Waals surface area contributed by atoms with Gasteiger partial charge in [0.05, 0.1) is 5.92 Å². The average Bonchev–Trinajstić information content (AvgIpc) is 2.27. The van der Waals surface area contributed by atoms with Gasteiger partial charge in [0.25, 0.3) is 0 Å². The van der Waals surface area contributed by atoms with Crippen molar-refractivity contribution in [3.63, 3.8) is 0 Å². The molecule has 0 saturated heterocycles. The van der Waals surface area contributed by atoms with E-state index in [0.717, 1.165) is 11.1 Å². The first-order chi connectivity index (χ1) is 8.50. The molecule has 0 aliphatic rings. The van der Waals surface area contributed by atoms with Gasteiger partial charge in [0.1, 0.15) is 0 Å². The predicted octanol–water partition coefficient (Wildman–Crippen LogP) is 3.23. The van der Waals surface area contributed by atoms with Crippen molar-refractivity contribution in [2.75, 3.05) is 13.2 Å². The first kappa shape index (κ1) is 14.7. The lowest BCUT2D eigenvalue weighted by molar-refractivity contribution is -0.139. The third-order valence-corrected chi connectivity index (χ3v) is 2.74. The van der Waals surface area contributed by atoms with Crippen LogP contribution in [-0.2, 0) is 9.53 Å². The molecule has 0 spiro atoms. The number of hydrogen-bond donors (Lipinski definition) is 1. The van der Waals surface area contributed by atoms with Crippen molar-refractivity contribution in [2.45, 2.75) is 33.1 Å². The van der Waals surface area contributed by atoms with Crippen LogP contribution in [-0.4, -0.2) is 24.3 Å². The van der Waals surface area contributed by atoms with Crippen LogP contribution in [0.25, 0.3) is 0 Å². The molecular weight excluding hydrogens is 228 g/mol. The van der Waals surface area contributed by atoms with E-state index in [0.29, 0.717) is 25.6 Å². The summed E-state index contributed by atoms with van der Waals surface area (Å²) < 4.78 is 5.46. The van der Waals surface area contributed by atoms with Crippen molar-refractivity contribution >= 4 is 5.97 Å². The number of rotatable bonds is 7. The number of aryl methyl sites for hydroxylation is 1. The minimum absolute atomic E-state index is 0.475. The van der Waals surface area contributed by atoms with Gasteiger partial charge in [-0.1, -0.05) is 43.7 Å². The van der Waals surface area contributed by atoms with Gasteiger partial charge in [0, 0.05) is 13.2 Å². The van der Waals surface area contributed by atoms with Gasteiger partial charge in [-0.3, -0.25) is 4.79 Å². The van der Waals surface area contributed by atoms with Gasteiger partial charge in [0.15, 0.2) is 0 Å². The number of benzene rings is 1. The lowest BCUT2D eigenvalue weighted by Gasteiger charge is -2.14. The Morgan fingerprint density at radius 1 is 1.39 bits per heavy atom. The normalized spacial score (nSPS) is 12.7. The Kier molecular flexibility index (Phi) is 5.86. The second-order valence-electron chi connectivity index (χ2n) is 5.06. The van der Waals surface area contributed by atoms with Crippen molar-refractivity contribution < 1.29 is 14.6 Å².